The molecule has 166 valence electrons. The first-order valence-electron chi connectivity index (χ1n) is 9.85. The number of halogens is 1. The number of benzene rings is 3. The lowest BCUT2D eigenvalue weighted by Crippen LogP contribution is -2.27. The molecule has 1 heterocycles. The van der Waals surface area contributed by atoms with E-state index < -0.39 is 16.1 Å². The highest BCUT2D eigenvalue weighted by Crippen LogP contribution is 2.34. The fraction of sp³-hybridized carbons (Fsp3) is 0.0833. The van der Waals surface area contributed by atoms with Gasteiger partial charge >= 0.3 is 0 Å². The minimum Gasteiger partial charge on any atom is -0.489 e. The number of imide groups is 1. The van der Waals surface area contributed by atoms with Crippen LogP contribution in [-0.2, 0) is 17.9 Å². The Morgan fingerprint density at radius 2 is 1.70 bits per heavy atom. The van der Waals surface area contributed by atoms with E-state index >= 15 is 0 Å². The minimum atomic E-state index is -0.510. The van der Waals surface area contributed by atoms with Gasteiger partial charge in [0, 0.05) is 12.1 Å². The van der Waals surface area contributed by atoms with E-state index in [1.54, 1.807) is 42.5 Å². The molecular weight excluding hydrogens is 447 g/mol. The lowest BCUT2D eigenvalue weighted by molar-refractivity contribution is -0.384. The van der Waals surface area contributed by atoms with Crippen LogP contribution < -0.4 is 4.74 Å². The van der Waals surface area contributed by atoms with Crippen LogP contribution in [0.5, 0.6) is 5.75 Å². The summed E-state index contributed by atoms with van der Waals surface area (Å²) < 4.78 is 18.8. The summed E-state index contributed by atoms with van der Waals surface area (Å²) in [7, 11) is 0. The van der Waals surface area contributed by atoms with Crippen LogP contribution in [0.25, 0.3) is 6.08 Å². The smallest absolute Gasteiger partial charge is 0.293 e. The number of nitrogens with zero attached hydrogens (tertiary/aromatic N) is 2. The highest BCUT2D eigenvalue weighted by atomic mass is 32.2. The Labute approximate surface area is 192 Å². The van der Waals surface area contributed by atoms with Gasteiger partial charge in [0.2, 0.25) is 0 Å². The Kier molecular flexibility index (Phi) is 6.50. The van der Waals surface area contributed by atoms with Crippen molar-refractivity contribution in [2.24, 2.45) is 0 Å². The van der Waals surface area contributed by atoms with Crippen LogP contribution in [0.3, 0.4) is 0 Å². The highest BCUT2D eigenvalue weighted by molar-refractivity contribution is 8.18. The van der Waals surface area contributed by atoms with Crippen LogP contribution in [0, 0.1) is 15.9 Å². The topological polar surface area (TPSA) is 89.8 Å². The first-order chi connectivity index (χ1) is 15.9. The zero-order valence-corrected chi connectivity index (χ0v) is 18.0. The highest BCUT2D eigenvalue weighted by Gasteiger charge is 2.35. The van der Waals surface area contributed by atoms with Crippen LogP contribution in [0.1, 0.15) is 16.7 Å². The normalized spacial score (nSPS) is 14.7. The number of rotatable bonds is 7. The van der Waals surface area contributed by atoms with E-state index in [9.17, 15) is 24.1 Å². The molecule has 1 aliphatic heterocycles. The van der Waals surface area contributed by atoms with E-state index in [1.165, 1.54) is 36.4 Å². The van der Waals surface area contributed by atoms with Gasteiger partial charge in [0.15, 0.2) is 0 Å². The molecule has 0 saturated carbocycles. The lowest BCUT2D eigenvalue weighted by Gasteiger charge is -2.12. The summed E-state index contributed by atoms with van der Waals surface area (Å²) >= 11 is 0.835. The van der Waals surface area contributed by atoms with Crippen molar-refractivity contribution in [1.29, 1.82) is 0 Å². The predicted molar refractivity (Wildman–Crippen MR) is 122 cm³/mol. The largest absolute Gasteiger partial charge is 0.489 e. The molecule has 0 aliphatic carbocycles. The molecule has 2 amide bonds. The molecule has 1 aliphatic rings. The summed E-state index contributed by atoms with van der Waals surface area (Å²) in [5.74, 6) is -0.178. The molecule has 0 N–H and O–H groups in total. The molecule has 9 heteroatoms. The second kappa shape index (κ2) is 9.66. The van der Waals surface area contributed by atoms with Crippen molar-refractivity contribution >= 4 is 34.7 Å². The third kappa shape index (κ3) is 5.45. The van der Waals surface area contributed by atoms with E-state index in [2.05, 4.69) is 0 Å². The fourth-order valence-electron chi connectivity index (χ4n) is 3.13. The molecule has 0 bridgehead atoms. The molecule has 0 radical (unpaired) electrons. The average Bonchev–Trinajstić information content (AvgIpc) is 3.06. The Balaban J connectivity index is 1.43. The molecule has 3 aromatic rings. The third-order valence-electron chi connectivity index (χ3n) is 4.84. The van der Waals surface area contributed by atoms with Gasteiger partial charge < -0.3 is 4.74 Å². The second-order valence-corrected chi connectivity index (χ2v) is 8.17. The molecule has 1 fully saturated rings. The van der Waals surface area contributed by atoms with Crippen molar-refractivity contribution in [3.63, 3.8) is 0 Å². The number of carbonyl (C=O) groups excluding carboxylic acids is 2. The second-order valence-electron chi connectivity index (χ2n) is 7.18. The van der Waals surface area contributed by atoms with Gasteiger partial charge in [0.25, 0.3) is 16.8 Å². The summed E-state index contributed by atoms with van der Waals surface area (Å²) in [6.07, 6.45) is 1.62. The van der Waals surface area contributed by atoms with Gasteiger partial charge in [0.1, 0.15) is 18.2 Å². The molecule has 0 spiro atoms. The molecule has 7 nitrogen and oxygen atoms in total. The molecule has 3 aromatic carbocycles. The van der Waals surface area contributed by atoms with Crippen LogP contribution >= 0.6 is 11.8 Å². The summed E-state index contributed by atoms with van der Waals surface area (Å²) in [4.78, 5) is 36.8. The number of amides is 2. The van der Waals surface area contributed by atoms with Gasteiger partial charge in [0.05, 0.1) is 16.4 Å². The Morgan fingerprint density at radius 3 is 2.39 bits per heavy atom. The van der Waals surface area contributed by atoms with Crippen molar-refractivity contribution < 1.29 is 23.6 Å². The maximum Gasteiger partial charge on any atom is 0.293 e. The Bertz CT molecular complexity index is 1240. The van der Waals surface area contributed by atoms with Crippen molar-refractivity contribution in [2.75, 3.05) is 0 Å². The predicted octanol–water partition coefficient (Wildman–Crippen LogP) is 5.55. The number of carbonyl (C=O) groups is 2. The zero-order valence-electron chi connectivity index (χ0n) is 17.1. The summed E-state index contributed by atoms with van der Waals surface area (Å²) in [5, 5.41) is 10.4. The van der Waals surface area contributed by atoms with Crippen LogP contribution in [0.2, 0.25) is 0 Å². The van der Waals surface area contributed by atoms with Crippen molar-refractivity contribution in [3.8, 4) is 5.75 Å². The summed E-state index contributed by atoms with van der Waals surface area (Å²) in [5.41, 5.74) is 2.05. The van der Waals surface area contributed by atoms with E-state index in [1.807, 2.05) is 0 Å². The molecule has 33 heavy (non-hydrogen) atoms. The van der Waals surface area contributed by atoms with Crippen molar-refractivity contribution in [1.82, 2.24) is 4.90 Å². The SMILES string of the molecule is O=C1SC(=Cc2cccc(OCc3ccc(F)cc3)c2)C(=O)N1Cc1ccc([N+](=O)[O-])cc1. The van der Waals surface area contributed by atoms with E-state index in [0.29, 0.717) is 16.9 Å². The molecule has 4 rings (SSSR count). The summed E-state index contributed by atoms with van der Waals surface area (Å²) in [6.45, 7) is 0.288. The van der Waals surface area contributed by atoms with Gasteiger partial charge in [-0.2, -0.15) is 0 Å². The van der Waals surface area contributed by atoms with Crippen molar-refractivity contribution in [3.05, 3.63) is 110 Å². The van der Waals surface area contributed by atoms with Gasteiger partial charge in [-0.25, -0.2) is 4.39 Å². The molecule has 0 atom stereocenters. The maximum absolute atomic E-state index is 13.0. The van der Waals surface area contributed by atoms with Crippen LogP contribution in [-0.4, -0.2) is 21.0 Å². The van der Waals surface area contributed by atoms with Gasteiger partial charge in [-0.05, 0) is 58.8 Å². The van der Waals surface area contributed by atoms with Gasteiger partial charge in [-0.1, -0.05) is 36.4 Å². The number of non-ortho nitro benzene ring substituents is 1. The van der Waals surface area contributed by atoms with Crippen molar-refractivity contribution in [2.45, 2.75) is 13.2 Å². The molecule has 0 aromatic heterocycles. The van der Waals surface area contributed by atoms with E-state index in [-0.39, 0.29) is 29.6 Å². The first kappa shape index (κ1) is 22.2. The lowest BCUT2D eigenvalue weighted by atomic mass is 10.2. The zero-order chi connectivity index (χ0) is 23.4. The van der Waals surface area contributed by atoms with E-state index in [4.69, 9.17) is 4.74 Å². The Morgan fingerprint density at radius 1 is 1.00 bits per heavy atom. The first-order valence-corrected chi connectivity index (χ1v) is 10.7. The van der Waals surface area contributed by atoms with E-state index in [0.717, 1.165) is 22.2 Å². The number of nitro groups is 1. The number of hydrogen-bond donors (Lipinski definition) is 0. The standard InChI is InChI=1S/C24H17FN2O5S/c25-19-8-4-17(5-9-19)15-32-21-3-1-2-18(12-21)13-22-23(28)26(24(29)33-22)14-16-6-10-20(11-7-16)27(30)31/h1-13H,14-15H2. The van der Waals surface area contributed by atoms with Crippen LogP contribution in [0.4, 0.5) is 14.9 Å². The number of hydrogen-bond acceptors (Lipinski definition) is 6. The molecule has 0 unspecified atom stereocenters. The number of nitro benzene ring substituents is 1. The average molecular weight is 464 g/mol. The Hall–Kier alpha value is -3.98. The number of thioether (sulfide) groups is 1. The fourth-order valence-corrected chi connectivity index (χ4v) is 3.97. The number of ether oxygens (including phenoxy) is 1. The van der Waals surface area contributed by atoms with Gasteiger partial charge in [-0.3, -0.25) is 24.6 Å². The monoisotopic (exact) mass is 464 g/mol. The van der Waals surface area contributed by atoms with Gasteiger partial charge in [-0.15, -0.1) is 0 Å². The quantitative estimate of drug-likeness (QED) is 0.259. The molecular formula is C24H17FN2O5S. The van der Waals surface area contributed by atoms with Crippen LogP contribution in [0.15, 0.2) is 77.7 Å². The minimum absolute atomic E-state index is 0.0286. The molecule has 1 saturated heterocycles. The summed E-state index contributed by atoms with van der Waals surface area (Å²) in [6, 6.07) is 18.8. The third-order valence-corrected chi connectivity index (χ3v) is 5.74. The maximum atomic E-state index is 13.0.